The Kier molecular flexibility index (Phi) is 3.15. The lowest BCUT2D eigenvalue weighted by Crippen LogP contribution is -2.23. The molecule has 0 amide bonds. The second-order valence-corrected chi connectivity index (χ2v) is 3.79. The topological polar surface area (TPSA) is 96.7 Å². The lowest BCUT2D eigenvalue weighted by Gasteiger charge is -2.04. The van der Waals surface area contributed by atoms with E-state index < -0.39 is 5.97 Å². The number of aliphatic hydroxyl groups excluding tert-OH is 1. The number of fused-ring (bicyclic) bond motifs is 1. The van der Waals surface area contributed by atoms with Crippen LogP contribution in [0, 0.1) is 6.92 Å². The minimum absolute atomic E-state index is 0.131. The van der Waals surface area contributed by atoms with Crippen molar-refractivity contribution in [3.05, 3.63) is 33.4 Å². The summed E-state index contributed by atoms with van der Waals surface area (Å²) in [5.41, 5.74) is 1.04. The first-order valence-corrected chi connectivity index (χ1v) is 5.39. The van der Waals surface area contributed by atoms with Crippen LogP contribution in [0.5, 0.6) is 0 Å². The number of esters is 1. The Labute approximate surface area is 102 Å². The number of carbonyl (C=O) groups is 1. The summed E-state index contributed by atoms with van der Waals surface area (Å²) in [6, 6.07) is 0. The lowest BCUT2D eigenvalue weighted by molar-refractivity contribution is 0.0602. The molecule has 2 N–H and O–H groups in total. The molecule has 0 aromatic carbocycles. The van der Waals surface area contributed by atoms with Gasteiger partial charge in [-0.25, -0.2) is 14.3 Å². The third-order valence-electron chi connectivity index (χ3n) is 2.73. The monoisotopic (exact) mass is 251 g/mol. The van der Waals surface area contributed by atoms with Crippen LogP contribution in [0.15, 0.2) is 11.0 Å². The summed E-state index contributed by atoms with van der Waals surface area (Å²) in [5.74, 6) is -0.560. The second kappa shape index (κ2) is 4.61. The van der Waals surface area contributed by atoms with Crippen molar-refractivity contribution in [2.24, 2.45) is 0 Å². The minimum Gasteiger partial charge on any atom is -0.465 e. The van der Waals surface area contributed by atoms with Crippen molar-refractivity contribution in [1.82, 2.24) is 14.6 Å². The molecule has 7 heteroatoms. The highest BCUT2D eigenvalue weighted by Gasteiger charge is 2.17. The first-order valence-electron chi connectivity index (χ1n) is 5.39. The number of H-pyrrole nitrogens is 1. The van der Waals surface area contributed by atoms with Crippen LogP contribution >= 0.6 is 0 Å². The summed E-state index contributed by atoms with van der Waals surface area (Å²) < 4.78 is 5.78. The van der Waals surface area contributed by atoms with E-state index in [4.69, 9.17) is 5.11 Å². The number of aromatic nitrogens is 3. The van der Waals surface area contributed by atoms with E-state index in [-0.39, 0.29) is 29.8 Å². The molecule has 0 fully saturated rings. The van der Waals surface area contributed by atoms with E-state index in [0.717, 1.165) is 0 Å². The van der Waals surface area contributed by atoms with Gasteiger partial charge < -0.3 is 9.84 Å². The molecule has 0 saturated carbocycles. The van der Waals surface area contributed by atoms with Gasteiger partial charge in [0, 0.05) is 30.5 Å². The van der Waals surface area contributed by atoms with E-state index in [1.54, 1.807) is 6.92 Å². The van der Waals surface area contributed by atoms with Gasteiger partial charge >= 0.3 is 5.97 Å². The molecule has 0 radical (unpaired) electrons. The number of hydrogen-bond donors (Lipinski definition) is 2. The molecule has 0 atom stereocenters. The van der Waals surface area contributed by atoms with Crippen LogP contribution in [0.1, 0.15) is 21.6 Å². The number of nitrogens with one attached hydrogen (secondary N) is 1. The van der Waals surface area contributed by atoms with Crippen LogP contribution < -0.4 is 5.56 Å². The maximum absolute atomic E-state index is 12.1. The predicted octanol–water partition coefficient (Wildman–Crippen LogP) is -0.348. The standard InChI is InChI=1S/C11H13N3O4/c1-6-7(3-4-15)10(16)14-9(13-6)8(5-12-14)11(17)18-2/h5,12,15H,3-4H2,1-2H3. The van der Waals surface area contributed by atoms with Crippen LogP contribution in [-0.2, 0) is 11.2 Å². The zero-order chi connectivity index (χ0) is 13.3. The fourth-order valence-electron chi connectivity index (χ4n) is 1.82. The predicted molar refractivity (Wildman–Crippen MR) is 62.7 cm³/mol. The zero-order valence-corrected chi connectivity index (χ0v) is 10.1. The molecular weight excluding hydrogens is 238 g/mol. The Morgan fingerprint density at radius 1 is 1.61 bits per heavy atom. The Morgan fingerprint density at radius 3 is 2.94 bits per heavy atom. The normalized spacial score (nSPS) is 10.8. The van der Waals surface area contributed by atoms with Gasteiger partial charge in [0.25, 0.3) is 5.56 Å². The fraction of sp³-hybridized carbons (Fsp3) is 0.364. The van der Waals surface area contributed by atoms with Gasteiger partial charge in [0.1, 0.15) is 5.56 Å². The van der Waals surface area contributed by atoms with Gasteiger partial charge in [-0.15, -0.1) is 0 Å². The number of ether oxygens (including phenoxy) is 1. The Hall–Kier alpha value is -2.15. The average Bonchev–Trinajstić information content (AvgIpc) is 2.77. The molecule has 0 aliphatic heterocycles. The number of aryl methyl sites for hydroxylation is 1. The molecule has 0 unspecified atom stereocenters. The number of carbonyl (C=O) groups excluding carboxylic acids is 1. The average molecular weight is 251 g/mol. The quantitative estimate of drug-likeness (QED) is 0.727. The number of nitrogens with zero attached hydrogens (tertiary/aromatic N) is 2. The van der Waals surface area contributed by atoms with Crippen molar-refractivity contribution in [3.8, 4) is 0 Å². The van der Waals surface area contributed by atoms with Crippen LogP contribution in [0.25, 0.3) is 5.65 Å². The smallest absolute Gasteiger partial charge is 0.343 e. The molecular formula is C11H13N3O4. The van der Waals surface area contributed by atoms with Crippen LogP contribution in [0.3, 0.4) is 0 Å². The summed E-state index contributed by atoms with van der Waals surface area (Å²) in [6.45, 7) is 1.54. The maximum atomic E-state index is 12.1. The lowest BCUT2D eigenvalue weighted by atomic mass is 10.2. The van der Waals surface area contributed by atoms with Gasteiger partial charge in [-0.05, 0) is 6.92 Å². The second-order valence-electron chi connectivity index (χ2n) is 3.79. The van der Waals surface area contributed by atoms with Crippen molar-refractivity contribution in [2.45, 2.75) is 13.3 Å². The highest BCUT2D eigenvalue weighted by atomic mass is 16.5. The summed E-state index contributed by atoms with van der Waals surface area (Å²) in [6.07, 6.45) is 1.60. The van der Waals surface area contributed by atoms with Gasteiger partial charge in [0.2, 0.25) is 0 Å². The van der Waals surface area contributed by atoms with Gasteiger partial charge in [0.15, 0.2) is 5.65 Å². The maximum Gasteiger partial charge on any atom is 0.343 e. The minimum atomic E-state index is -0.560. The van der Waals surface area contributed by atoms with Crippen LogP contribution in [0.4, 0.5) is 0 Å². The Bertz CT molecular complexity index is 656. The van der Waals surface area contributed by atoms with Gasteiger partial charge in [0.05, 0.1) is 7.11 Å². The largest absolute Gasteiger partial charge is 0.465 e. The van der Waals surface area contributed by atoms with Gasteiger partial charge in [-0.3, -0.25) is 9.89 Å². The van der Waals surface area contributed by atoms with E-state index in [2.05, 4.69) is 14.8 Å². The van der Waals surface area contributed by atoms with Crippen molar-refractivity contribution in [1.29, 1.82) is 0 Å². The number of rotatable bonds is 3. The highest BCUT2D eigenvalue weighted by Crippen LogP contribution is 2.10. The summed E-state index contributed by atoms with van der Waals surface area (Å²) in [7, 11) is 1.26. The van der Waals surface area contributed by atoms with E-state index in [0.29, 0.717) is 11.3 Å². The van der Waals surface area contributed by atoms with E-state index in [1.807, 2.05) is 0 Å². The van der Waals surface area contributed by atoms with E-state index in [9.17, 15) is 9.59 Å². The molecule has 18 heavy (non-hydrogen) atoms. The number of methoxy groups -OCH3 is 1. The third kappa shape index (κ3) is 1.78. The molecule has 2 rings (SSSR count). The molecule has 0 aliphatic rings. The molecule has 7 nitrogen and oxygen atoms in total. The molecule has 0 spiro atoms. The van der Waals surface area contributed by atoms with Crippen LogP contribution in [-0.4, -0.2) is 39.4 Å². The molecule has 96 valence electrons. The Morgan fingerprint density at radius 2 is 2.33 bits per heavy atom. The molecule has 0 bridgehead atoms. The highest BCUT2D eigenvalue weighted by molar-refractivity contribution is 5.95. The molecule has 0 saturated heterocycles. The Balaban J connectivity index is 2.72. The summed E-state index contributed by atoms with van der Waals surface area (Å²) in [5, 5.41) is 11.6. The van der Waals surface area contributed by atoms with E-state index >= 15 is 0 Å². The zero-order valence-electron chi connectivity index (χ0n) is 10.1. The third-order valence-corrected chi connectivity index (χ3v) is 2.73. The van der Waals surface area contributed by atoms with Gasteiger partial charge in [-0.1, -0.05) is 0 Å². The summed E-state index contributed by atoms with van der Waals surface area (Å²) >= 11 is 0. The SMILES string of the molecule is COC(=O)c1c[nH]n2c(=O)c(CCO)c(C)nc12. The molecule has 2 aromatic heterocycles. The molecule has 2 heterocycles. The first kappa shape index (κ1) is 12.3. The number of aliphatic hydroxyl groups is 1. The van der Waals surface area contributed by atoms with E-state index in [1.165, 1.54) is 17.8 Å². The molecule has 0 aliphatic carbocycles. The van der Waals surface area contributed by atoms with Crippen molar-refractivity contribution < 1.29 is 14.6 Å². The first-order chi connectivity index (χ1) is 8.60. The molecule has 2 aromatic rings. The van der Waals surface area contributed by atoms with Gasteiger partial charge in [-0.2, -0.15) is 0 Å². The van der Waals surface area contributed by atoms with Crippen molar-refractivity contribution in [2.75, 3.05) is 13.7 Å². The van der Waals surface area contributed by atoms with Crippen molar-refractivity contribution >= 4 is 11.6 Å². The van der Waals surface area contributed by atoms with Crippen LogP contribution in [0.2, 0.25) is 0 Å². The van der Waals surface area contributed by atoms with Crippen molar-refractivity contribution in [3.63, 3.8) is 0 Å². The number of aromatic amines is 1. The number of hydrogen-bond acceptors (Lipinski definition) is 5. The summed E-state index contributed by atoms with van der Waals surface area (Å²) in [4.78, 5) is 27.8. The fourth-order valence-corrected chi connectivity index (χ4v) is 1.82.